The number of aliphatic hydroxyl groups is 1. The second kappa shape index (κ2) is 6.57. The normalized spacial score (nSPS) is 21.1. The summed E-state index contributed by atoms with van der Waals surface area (Å²) in [4.78, 5) is 22.3. The third kappa shape index (κ3) is 3.32. The van der Waals surface area contributed by atoms with Crippen LogP contribution in [0.5, 0.6) is 0 Å². The van der Waals surface area contributed by atoms with Gasteiger partial charge in [-0.3, -0.25) is 4.79 Å². The van der Waals surface area contributed by atoms with Crippen molar-refractivity contribution in [3.63, 3.8) is 0 Å². The van der Waals surface area contributed by atoms with Gasteiger partial charge in [0, 0.05) is 34.8 Å². The second-order valence-electron chi connectivity index (χ2n) is 6.87. The van der Waals surface area contributed by atoms with Gasteiger partial charge in [-0.05, 0) is 31.9 Å². The maximum absolute atomic E-state index is 12.9. The molecule has 1 saturated heterocycles. The van der Waals surface area contributed by atoms with E-state index in [1.165, 1.54) is 0 Å². The molecule has 0 aliphatic carbocycles. The molecule has 0 saturated carbocycles. The molecule has 1 aliphatic heterocycles. The van der Waals surface area contributed by atoms with Crippen molar-refractivity contribution in [1.29, 1.82) is 0 Å². The Morgan fingerprint density at radius 3 is 3.00 bits per heavy atom. The molecule has 2 N–H and O–H groups in total. The molecule has 0 spiro atoms. The van der Waals surface area contributed by atoms with Crippen LogP contribution in [0, 0.1) is 12.3 Å². The third-order valence-corrected chi connectivity index (χ3v) is 4.87. The number of piperidine rings is 1. The summed E-state index contributed by atoms with van der Waals surface area (Å²) in [7, 11) is 0. The monoisotopic (exact) mass is 347 g/mol. The van der Waals surface area contributed by atoms with Crippen molar-refractivity contribution in [3.05, 3.63) is 40.7 Å². The van der Waals surface area contributed by atoms with Gasteiger partial charge < -0.3 is 15.0 Å². The zero-order chi connectivity index (χ0) is 17.3. The Morgan fingerprint density at radius 1 is 1.50 bits per heavy atom. The van der Waals surface area contributed by atoms with Crippen molar-refractivity contribution in [2.75, 3.05) is 19.7 Å². The van der Waals surface area contributed by atoms with Gasteiger partial charge in [0.2, 0.25) is 0 Å². The van der Waals surface area contributed by atoms with Crippen molar-refractivity contribution in [3.8, 4) is 11.4 Å². The number of hydrogen-bond donors (Lipinski definition) is 2. The molecule has 128 valence electrons. The van der Waals surface area contributed by atoms with E-state index in [-0.39, 0.29) is 17.9 Å². The molecule has 1 atom stereocenters. The molecule has 1 fully saturated rings. The standard InChI is InChI=1S/C18H22ClN3O2/c1-12-15(17(24)22-8-4-7-18(2,10-22)11-23)21-16(20-12)13-5-3-6-14(19)9-13/h3,5-6,9,23H,4,7-8,10-11H2,1-2H3,(H,20,21). The highest BCUT2D eigenvalue weighted by molar-refractivity contribution is 6.30. The maximum Gasteiger partial charge on any atom is 0.274 e. The number of H-pyrrole nitrogens is 1. The maximum atomic E-state index is 12.9. The highest BCUT2D eigenvalue weighted by atomic mass is 35.5. The molecule has 1 aromatic carbocycles. The highest BCUT2D eigenvalue weighted by Gasteiger charge is 2.34. The van der Waals surface area contributed by atoms with Crippen molar-refractivity contribution in [2.45, 2.75) is 26.7 Å². The summed E-state index contributed by atoms with van der Waals surface area (Å²) in [6.07, 6.45) is 1.83. The predicted molar refractivity (Wildman–Crippen MR) is 94.1 cm³/mol. The number of aromatic amines is 1. The number of aliphatic hydroxyl groups excluding tert-OH is 1. The van der Waals surface area contributed by atoms with Crippen LogP contribution < -0.4 is 0 Å². The zero-order valence-corrected chi connectivity index (χ0v) is 14.7. The first-order chi connectivity index (χ1) is 11.4. The predicted octanol–water partition coefficient (Wildman–Crippen LogP) is 3.27. The van der Waals surface area contributed by atoms with E-state index in [0.717, 1.165) is 24.1 Å². The van der Waals surface area contributed by atoms with Gasteiger partial charge in [-0.25, -0.2) is 4.98 Å². The number of carbonyl (C=O) groups excluding carboxylic acids is 1. The fraction of sp³-hybridized carbons (Fsp3) is 0.444. The molecular weight excluding hydrogens is 326 g/mol. The van der Waals surface area contributed by atoms with E-state index in [0.29, 0.717) is 29.6 Å². The van der Waals surface area contributed by atoms with Crippen LogP contribution in [0.1, 0.15) is 35.9 Å². The van der Waals surface area contributed by atoms with E-state index in [2.05, 4.69) is 9.97 Å². The topological polar surface area (TPSA) is 69.2 Å². The lowest BCUT2D eigenvalue weighted by Crippen LogP contribution is -2.46. The number of amides is 1. The number of halogens is 1. The molecule has 2 heterocycles. The Bertz CT molecular complexity index is 758. The average Bonchev–Trinajstić information content (AvgIpc) is 2.96. The minimum Gasteiger partial charge on any atom is -0.396 e. The summed E-state index contributed by atoms with van der Waals surface area (Å²) in [5, 5.41) is 10.2. The third-order valence-electron chi connectivity index (χ3n) is 4.64. The van der Waals surface area contributed by atoms with Crippen LogP contribution in [0.25, 0.3) is 11.4 Å². The van der Waals surface area contributed by atoms with Gasteiger partial charge in [0.25, 0.3) is 5.91 Å². The smallest absolute Gasteiger partial charge is 0.274 e. The van der Waals surface area contributed by atoms with Crippen LogP contribution in [-0.4, -0.2) is 45.6 Å². The number of nitrogens with one attached hydrogen (secondary N) is 1. The van der Waals surface area contributed by atoms with Gasteiger partial charge >= 0.3 is 0 Å². The molecule has 0 radical (unpaired) electrons. The first-order valence-electron chi connectivity index (χ1n) is 8.14. The van der Waals surface area contributed by atoms with Crippen LogP contribution in [0.4, 0.5) is 0 Å². The average molecular weight is 348 g/mol. The number of nitrogens with zero attached hydrogens (tertiary/aromatic N) is 2. The summed E-state index contributed by atoms with van der Waals surface area (Å²) in [6, 6.07) is 7.38. The molecule has 0 bridgehead atoms. The van der Waals surface area contributed by atoms with Crippen LogP contribution in [0.3, 0.4) is 0 Å². The Labute approximate surface area is 146 Å². The Morgan fingerprint density at radius 2 is 2.29 bits per heavy atom. The van der Waals surface area contributed by atoms with Gasteiger partial charge in [0.15, 0.2) is 0 Å². The van der Waals surface area contributed by atoms with Gasteiger partial charge in [0.05, 0.1) is 6.61 Å². The van der Waals surface area contributed by atoms with Crippen molar-refractivity contribution in [2.24, 2.45) is 5.41 Å². The number of carbonyl (C=O) groups is 1. The Balaban J connectivity index is 1.86. The van der Waals surface area contributed by atoms with Crippen molar-refractivity contribution >= 4 is 17.5 Å². The lowest BCUT2D eigenvalue weighted by molar-refractivity contribution is 0.0353. The quantitative estimate of drug-likeness (QED) is 0.895. The van der Waals surface area contributed by atoms with E-state index < -0.39 is 0 Å². The molecule has 5 nitrogen and oxygen atoms in total. The summed E-state index contributed by atoms with van der Waals surface area (Å²) < 4.78 is 0. The van der Waals surface area contributed by atoms with E-state index in [9.17, 15) is 9.90 Å². The van der Waals surface area contributed by atoms with Gasteiger partial charge in [-0.15, -0.1) is 0 Å². The molecule has 1 amide bonds. The minimum atomic E-state index is -0.228. The van der Waals surface area contributed by atoms with Crippen molar-refractivity contribution in [1.82, 2.24) is 14.9 Å². The van der Waals surface area contributed by atoms with Crippen LogP contribution >= 0.6 is 11.6 Å². The fourth-order valence-electron chi connectivity index (χ4n) is 3.21. The van der Waals surface area contributed by atoms with E-state index in [1.807, 2.05) is 32.0 Å². The Hall–Kier alpha value is -1.85. The van der Waals surface area contributed by atoms with Crippen LogP contribution in [0.15, 0.2) is 24.3 Å². The zero-order valence-electron chi connectivity index (χ0n) is 14.0. The van der Waals surface area contributed by atoms with Gasteiger partial charge in [-0.1, -0.05) is 30.7 Å². The molecular formula is C18H22ClN3O2. The molecule has 1 unspecified atom stereocenters. The number of rotatable bonds is 3. The number of aromatic nitrogens is 2. The Kier molecular flexibility index (Phi) is 4.65. The van der Waals surface area contributed by atoms with Crippen LogP contribution in [0.2, 0.25) is 5.02 Å². The number of aryl methyl sites for hydroxylation is 1. The summed E-state index contributed by atoms with van der Waals surface area (Å²) in [5.41, 5.74) is 1.80. The molecule has 1 aliphatic rings. The molecule has 3 rings (SSSR count). The van der Waals surface area contributed by atoms with Crippen LogP contribution in [-0.2, 0) is 0 Å². The summed E-state index contributed by atoms with van der Waals surface area (Å²) in [6.45, 7) is 5.21. The van der Waals surface area contributed by atoms with Crippen molar-refractivity contribution < 1.29 is 9.90 Å². The summed E-state index contributed by atoms with van der Waals surface area (Å²) >= 11 is 6.03. The number of imidazole rings is 1. The van der Waals surface area contributed by atoms with E-state index in [4.69, 9.17) is 11.6 Å². The number of hydrogen-bond acceptors (Lipinski definition) is 3. The van der Waals surface area contributed by atoms with Gasteiger partial charge in [-0.2, -0.15) is 0 Å². The molecule has 2 aromatic rings. The van der Waals surface area contributed by atoms with E-state index >= 15 is 0 Å². The fourth-order valence-corrected chi connectivity index (χ4v) is 3.40. The molecule has 6 heteroatoms. The summed E-state index contributed by atoms with van der Waals surface area (Å²) in [5.74, 6) is 0.552. The highest BCUT2D eigenvalue weighted by Crippen LogP contribution is 2.30. The number of benzene rings is 1. The second-order valence-corrected chi connectivity index (χ2v) is 7.30. The molecule has 24 heavy (non-hydrogen) atoms. The minimum absolute atomic E-state index is 0.0867. The SMILES string of the molecule is Cc1[nH]c(-c2cccc(Cl)c2)nc1C(=O)N1CCCC(C)(CO)C1. The lowest BCUT2D eigenvalue weighted by Gasteiger charge is -2.39. The molecule has 1 aromatic heterocycles. The van der Waals surface area contributed by atoms with Gasteiger partial charge in [0.1, 0.15) is 11.5 Å². The lowest BCUT2D eigenvalue weighted by atomic mass is 9.82. The first-order valence-corrected chi connectivity index (χ1v) is 8.52. The number of likely N-dealkylation sites (tertiary alicyclic amines) is 1. The largest absolute Gasteiger partial charge is 0.396 e. The van der Waals surface area contributed by atoms with E-state index in [1.54, 1.807) is 11.0 Å². The first kappa shape index (κ1) is 17.0.